The number of nitrogens with zero attached hydrogens (tertiary/aromatic N) is 1. The fourth-order valence-electron chi connectivity index (χ4n) is 3.44. The Labute approximate surface area is 183 Å². The lowest BCUT2D eigenvalue weighted by Crippen LogP contribution is -2.00. The van der Waals surface area contributed by atoms with Gasteiger partial charge in [0.25, 0.3) is 0 Å². The minimum Gasteiger partial charge on any atom is -0.493 e. The largest absolute Gasteiger partial charge is 0.493 e. The quantitative estimate of drug-likeness (QED) is 0.437. The molecular formula is C27H29NO3. The van der Waals surface area contributed by atoms with Crippen molar-refractivity contribution < 1.29 is 14.6 Å². The summed E-state index contributed by atoms with van der Waals surface area (Å²) in [5.41, 5.74) is 5.68. The van der Waals surface area contributed by atoms with Crippen LogP contribution < -0.4 is 4.74 Å². The first-order valence-electron chi connectivity index (χ1n) is 10.4. The van der Waals surface area contributed by atoms with E-state index in [2.05, 4.69) is 47.9 Å². The summed E-state index contributed by atoms with van der Waals surface area (Å²) >= 11 is 0. The molecule has 160 valence electrons. The summed E-state index contributed by atoms with van der Waals surface area (Å²) in [6.07, 6.45) is 1.04. The second kappa shape index (κ2) is 10.5. The Kier molecular flexibility index (Phi) is 7.50. The molecule has 1 heterocycles. The SMILES string of the molecule is Cc1cc2c(CC(=O)O)cccc2n1C.Cc1ccc(OCCc2ccccc2)cc1. The Morgan fingerprint density at radius 1 is 0.935 bits per heavy atom. The Balaban J connectivity index is 0.000000176. The zero-order valence-electron chi connectivity index (χ0n) is 18.3. The van der Waals surface area contributed by atoms with E-state index in [9.17, 15) is 4.79 Å². The second-order valence-electron chi connectivity index (χ2n) is 7.66. The minimum atomic E-state index is -0.788. The van der Waals surface area contributed by atoms with Gasteiger partial charge >= 0.3 is 5.97 Å². The number of benzene rings is 3. The topological polar surface area (TPSA) is 51.5 Å². The predicted molar refractivity (Wildman–Crippen MR) is 126 cm³/mol. The van der Waals surface area contributed by atoms with Crippen LogP contribution in [-0.4, -0.2) is 22.2 Å². The smallest absolute Gasteiger partial charge is 0.307 e. The third-order valence-corrected chi connectivity index (χ3v) is 5.28. The van der Waals surface area contributed by atoms with Crippen molar-refractivity contribution in [2.75, 3.05) is 6.61 Å². The number of aryl methyl sites for hydroxylation is 3. The third kappa shape index (κ3) is 6.22. The summed E-state index contributed by atoms with van der Waals surface area (Å²) in [5.74, 6) is 0.158. The molecule has 4 heteroatoms. The minimum absolute atomic E-state index is 0.0841. The lowest BCUT2D eigenvalue weighted by Gasteiger charge is -2.06. The molecule has 31 heavy (non-hydrogen) atoms. The van der Waals surface area contributed by atoms with Crippen LogP contribution in [0.3, 0.4) is 0 Å². The molecule has 4 aromatic rings. The molecule has 0 amide bonds. The highest BCUT2D eigenvalue weighted by atomic mass is 16.5. The summed E-state index contributed by atoms with van der Waals surface area (Å²) in [4.78, 5) is 10.7. The van der Waals surface area contributed by atoms with Crippen LogP contribution in [0.25, 0.3) is 10.9 Å². The van der Waals surface area contributed by atoms with Crippen LogP contribution >= 0.6 is 0 Å². The van der Waals surface area contributed by atoms with Gasteiger partial charge in [-0.05, 0) is 49.2 Å². The van der Waals surface area contributed by atoms with Crippen molar-refractivity contribution in [1.29, 1.82) is 0 Å². The van der Waals surface area contributed by atoms with Gasteiger partial charge in [-0.1, -0.05) is 60.2 Å². The molecule has 0 fully saturated rings. The normalized spacial score (nSPS) is 10.4. The van der Waals surface area contributed by atoms with Crippen LogP contribution in [-0.2, 0) is 24.7 Å². The number of aromatic nitrogens is 1. The molecule has 1 N–H and O–H groups in total. The average Bonchev–Trinajstić information content (AvgIpc) is 3.05. The molecule has 3 aromatic carbocycles. The molecule has 0 saturated carbocycles. The maximum atomic E-state index is 10.7. The number of rotatable bonds is 6. The number of carbonyl (C=O) groups is 1. The monoisotopic (exact) mass is 415 g/mol. The van der Waals surface area contributed by atoms with Crippen molar-refractivity contribution in [2.45, 2.75) is 26.7 Å². The molecule has 0 saturated heterocycles. The summed E-state index contributed by atoms with van der Waals surface area (Å²) in [7, 11) is 1.99. The molecular weight excluding hydrogens is 386 g/mol. The van der Waals surface area contributed by atoms with Gasteiger partial charge in [0.1, 0.15) is 5.75 Å². The molecule has 4 rings (SSSR count). The van der Waals surface area contributed by atoms with Gasteiger partial charge in [-0.2, -0.15) is 0 Å². The number of hydrogen-bond acceptors (Lipinski definition) is 2. The highest BCUT2D eigenvalue weighted by Crippen LogP contribution is 2.22. The molecule has 0 unspecified atom stereocenters. The maximum absolute atomic E-state index is 10.7. The van der Waals surface area contributed by atoms with Crippen LogP contribution in [0.2, 0.25) is 0 Å². The van der Waals surface area contributed by atoms with Gasteiger partial charge in [-0.3, -0.25) is 4.79 Å². The number of ether oxygens (including phenoxy) is 1. The van der Waals surface area contributed by atoms with Crippen molar-refractivity contribution in [1.82, 2.24) is 4.57 Å². The number of hydrogen-bond donors (Lipinski definition) is 1. The number of carboxylic acids is 1. The van der Waals surface area contributed by atoms with E-state index in [0.717, 1.165) is 40.9 Å². The molecule has 0 aliphatic heterocycles. The number of carboxylic acid groups (broad SMARTS) is 1. The van der Waals surface area contributed by atoms with Gasteiger partial charge in [-0.15, -0.1) is 0 Å². The lowest BCUT2D eigenvalue weighted by molar-refractivity contribution is -0.136. The fraction of sp³-hybridized carbons (Fsp3) is 0.222. The predicted octanol–water partition coefficient (Wildman–Crippen LogP) is 5.73. The molecule has 0 radical (unpaired) electrons. The van der Waals surface area contributed by atoms with Crippen LogP contribution in [0, 0.1) is 13.8 Å². The van der Waals surface area contributed by atoms with E-state index in [4.69, 9.17) is 9.84 Å². The van der Waals surface area contributed by atoms with Crippen LogP contribution in [0.1, 0.15) is 22.4 Å². The standard InChI is InChI=1S/C15H16O.C12H13NO2/c1-13-7-9-15(10-8-13)16-12-11-14-5-3-2-4-6-14;1-8-6-10-9(7-12(14)15)4-3-5-11(10)13(8)2/h2-10H,11-12H2,1H3;3-6H,7H2,1-2H3,(H,14,15). The van der Waals surface area contributed by atoms with E-state index in [1.54, 1.807) is 0 Å². The second-order valence-corrected chi connectivity index (χ2v) is 7.66. The first-order chi connectivity index (χ1) is 14.9. The van der Waals surface area contributed by atoms with E-state index in [1.807, 2.05) is 56.4 Å². The van der Waals surface area contributed by atoms with Crippen molar-refractivity contribution >= 4 is 16.9 Å². The fourth-order valence-corrected chi connectivity index (χ4v) is 3.44. The number of fused-ring (bicyclic) bond motifs is 1. The summed E-state index contributed by atoms with van der Waals surface area (Å²) in [6.45, 7) is 4.82. The van der Waals surface area contributed by atoms with Crippen molar-refractivity contribution in [3.8, 4) is 5.75 Å². The van der Waals surface area contributed by atoms with Crippen LogP contribution in [0.4, 0.5) is 0 Å². The summed E-state index contributed by atoms with van der Waals surface area (Å²) in [5, 5.41) is 9.84. The van der Waals surface area contributed by atoms with Gasteiger partial charge < -0.3 is 14.4 Å². The molecule has 0 aliphatic rings. The first-order valence-corrected chi connectivity index (χ1v) is 10.4. The van der Waals surface area contributed by atoms with Gasteiger partial charge in [0, 0.05) is 30.1 Å². The Bertz CT molecular complexity index is 1130. The molecule has 4 nitrogen and oxygen atoms in total. The van der Waals surface area contributed by atoms with Crippen LogP contribution in [0.5, 0.6) is 5.75 Å². The molecule has 0 spiro atoms. The van der Waals surface area contributed by atoms with Crippen molar-refractivity contribution in [2.24, 2.45) is 7.05 Å². The highest BCUT2D eigenvalue weighted by Gasteiger charge is 2.08. The van der Waals surface area contributed by atoms with E-state index < -0.39 is 5.97 Å². The summed E-state index contributed by atoms with van der Waals surface area (Å²) < 4.78 is 7.74. The van der Waals surface area contributed by atoms with Gasteiger partial charge in [0.2, 0.25) is 0 Å². The van der Waals surface area contributed by atoms with Crippen molar-refractivity contribution in [3.63, 3.8) is 0 Å². The Morgan fingerprint density at radius 2 is 1.65 bits per heavy atom. The van der Waals surface area contributed by atoms with E-state index in [-0.39, 0.29) is 6.42 Å². The molecule has 0 atom stereocenters. The number of aliphatic carboxylic acids is 1. The molecule has 1 aromatic heterocycles. The third-order valence-electron chi connectivity index (χ3n) is 5.28. The Morgan fingerprint density at radius 3 is 2.32 bits per heavy atom. The zero-order chi connectivity index (χ0) is 22.2. The maximum Gasteiger partial charge on any atom is 0.307 e. The van der Waals surface area contributed by atoms with E-state index >= 15 is 0 Å². The van der Waals surface area contributed by atoms with Gasteiger partial charge in [0.15, 0.2) is 0 Å². The molecule has 0 bridgehead atoms. The first kappa shape index (κ1) is 22.2. The van der Waals surface area contributed by atoms with Crippen LogP contribution in [0.15, 0.2) is 78.9 Å². The Hall–Kier alpha value is -3.53. The highest BCUT2D eigenvalue weighted by molar-refractivity contribution is 5.88. The summed E-state index contributed by atoms with van der Waals surface area (Å²) in [6, 6.07) is 26.4. The van der Waals surface area contributed by atoms with E-state index in [0.29, 0.717) is 0 Å². The lowest BCUT2D eigenvalue weighted by atomic mass is 10.1. The molecule has 0 aliphatic carbocycles. The van der Waals surface area contributed by atoms with E-state index in [1.165, 1.54) is 11.1 Å². The zero-order valence-corrected chi connectivity index (χ0v) is 18.3. The van der Waals surface area contributed by atoms with Gasteiger partial charge in [-0.25, -0.2) is 0 Å². The average molecular weight is 416 g/mol. The van der Waals surface area contributed by atoms with Gasteiger partial charge in [0.05, 0.1) is 13.0 Å². The van der Waals surface area contributed by atoms with Crippen molar-refractivity contribution in [3.05, 3.63) is 101 Å².